The number of benzene rings is 2. The lowest BCUT2D eigenvalue weighted by Crippen LogP contribution is -2.14. The number of hydrogen-bond donors (Lipinski definition) is 0. The van der Waals surface area contributed by atoms with Crippen LogP contribution in [0.5, 0.6) is 5.75 Å². The maximum absolute atomic E-state index is 12.3. The standard InChI is InChI=1S/C19H17N3O7/c1-11-6-16-12(9-18(11)28-2)4-3-5-17(16)20-29-19(23)13-7-14(21(24)25)10-15(8-13)22(26)27/h6-10H,3-5H2,1-2H3. The summed E-state index contributed by atoms with van der Waals surface area (Å²) >= 11 is 0. The number of oxime groups is 1. The van der Waals surface area contributed by atoms with E-state index in [-0.39, 0.29) is 5.56 Å². The fraction of sp³-hybridized carbons (Fsp3) is 0.263. The number of nitrogens with zero attached hydrogens (tertiary/aromatic N) is 3. The van der Waals surface area contributed by atoms with Crippen molar-refractivity contribution < 1.29 is 24.2 Å². The van der Waals surface area contributed by atoms with Crippen molar-refractivity contribution in [2.45, 2.75) is 26.2 Å². The fourth-order valence-electron chi connectivity index (χ4n) is 3.17. The predicted octanol–water partition coefficient (Wildman–Crippen LogP) is 3.72. The lowest BCUT2D eigenvalue weighted by Gasteiger charge is -2.19. The minimum atomic E-state index is -1.01. The van der Waals surface area contributed by atoms with Crippen molar-refractivity contribution in [1.29, 1.82) is 0 Å². The lowest BCUT2D eigenvalue weighted by atomic mass is 9.88. The summed E-state index contributed by atoms with van der Waals surface area (Å²) in [5.74, 6) is -0.257. The molecule has 0 radical (unpaired) electrons. The number of non-ortho nitro benzene ring substituents is 2. The molecule has 10 nitrogen and oxygen atoms in total. The van der Waals surface area contributed by atoms with E-state index in [1.165, 1.54) is 0 Å². The summed E-state index contributed by atoms with van der Waals surface area (Å²) < 4.78 is 5.33. The van der Waals surface area contributed by atoms with Gasteiger partial charge in [-0.25, -0.2) is 4.79 Å². The normalized spacial score (nSPS) is 14.2. The van der Waals surface area contributed by atoms with E-state index in [1.807, 2.05) is 19.1 Å². The van der Waals surface area contributed by atoms with Gasteiger partial charge in [0, 0.05) is 17.7 Å². The fourth-order valence-corrected chi connectivity index (χ4v) is 3.17. The molecule has 1 aliphatic carbocycles. The van der Waals surface area contributed by atoms with Gasteiger partial charge < -0.3 is 9.57 Å². The lowest BCUT2D eigenvalue weighted by molar-refractivity contribution is -0.394. The predicted molar refractivity (Wildman–Crippen MR) is 102 cm³/mol. The first-order valence-corrected chi connectivity index (χ1v) is 8.70. The molecule has 2 aromatic rings. The molecule has 0 heterocycles. The van der Waals surface area contributed by atoms with Crippen LogP contribution in [0.15, 0.2) is 35.5 Å². The number of fused-ring (bicyclic) bond motifs is 1. The number of ether oxygens (including phenoxy) is 1. The van der Waals surface area contributed by atoms with Gasteiger partial charge in [-0.1, -0.05) is 5.16 Å². The van der Waals surface area contributed by atoms with Crippen LogP contribution >= 0.6 is 0 Å². The Morgan fingerprint density at radius 1 is 1.03 bits per heavy atom. The first-order valence-electron chi connectivity index (χ1n) is 8.70. The van der Waals surface area contributed by atoms with Crippen molar-refractivity contribution in [3.05, 3.63) is 72.8 Å². The van der Waals surface area contributed by atoms with Crippen LogP contribution in [-0.4, -0.2) is 28.6 Å². The average Bonchev–Trinajstić information content (AvgIpc) is 2.71. The highest BCUT2D eigenvalue weighted by Gasteiger charge is 2.22. The van der Waals surface area contributed by atoms with Gasteiger partial charge in [-0.05, 0) is 49.4 Å². The summed E-state index contributed by atoms with van der Waals surface area (Å²) in [5, 5.41) is 25.9. The van der Waals surface area contributed by atoms with Crippen molar-refractivity contribution in [2.24, 2.45) is 5.16 Å². The van der Waals surface area contributed by atoms with E-state index in [1.54, 1.807) is 7.11 Å². The third-order valence-corrected chi connectivity index (χ3v) is 4.59. The molecule has 29 heavy (non-hydrogen) atoms. The monoisotopic (exact) mass is 399 g/mol. The molecule has 0 fully saturated rings. The topological polar surface area (TPSA) is 134 Å². The molecule has 0 aromatic heterocycles. The van der Waals surface area contributed by atoms with Gasteiger partial charge >= 0.3 is 5.97 Å². The van der Waals surface area contributed by atoms with Gasteiger partial charge in [-0.2, -0.15) is 0 Å². The van der Waals surface area contributed by atoms with Crippen molar-refractivity contribution in [3.8, 4) is 5.75 Å². The first kappa shape index (κ1) is 19.9. The zero-order chi connectivity index (χ0) is 21.1. The van der Waals surface area contributed by atoms with Crippen molar-refractivity contribution >= 4 is 23.1 Å². The van der Waals surface area contributed by atoms with Crippen LogP contribution in [0.1, 0.15) is 39.9 Å². The molecule has 2 aromatic carbocycles. The van der Waals surface area contributed by atoms with E-state index in [9.17, 15) is 25.0 Å². The smallest absolute Gasteiger partial charge is 0.366 e. The second-order valence-corrected chi connectivity index (χ2v) is 6.50. The number of carbonyl (C=O) groups excluding carboxylic acids is 1. The number of carbonyl (C=O) groups is 1. The molecule has 0 unspecified atom stereocenters. The minimum absolute atomic E-state index is 0.322. The minimum Gasteiger partial charge on any atom is -0.496 e. The largest absolute Gasteiger partial charge is 0.496 e. The zero-order valence-corrected chi connectivity index (χ0v) is 15.7. The van der Waals surface area contributed by atoms with Crippen molar-refractivity contribution in [3.63, 3.8) is 0 Å². The SMILES string of the molecule is COc1cc2c(cc1C)C(=NOC(=O)c1cc([N+](=O)[O-])cc([N+](=O)[O-])c1)CCC2. The molecule has 0 atom stereocenters. The molecular formula is C19H17N3O7. The third-order valence-electron chi connectivity index (χ3n) is 4.59. The van der Waals surface area contributed by atoms with Crippen LogP contribution in [0.4, 0.5) is 11.4 Å². The highest BCUT2D eigenvalue weighted by Crippen LogP contribution is 2.29. The van der Waals surface area contributed by atoms with Gasteiger partial charge in [0.1, 0.15) is 5.75 Å². The molecule has 0 saturated heterocycles. The second kappa shape index (κ2) is 8.05. The molecule has 1 aliphatic rings. The summed E-state index contributed by atoms with van der Waals surface area (Å²) in [4.78, 5) is 37.6. The Labute approximate surface area is 165 Å². The Morgan fingerprint density at radius 3 is 2.28 bits per heavy atom. The second-order valence-electron chi connectivity index (χ2n) is 6.50. The number of methoxy groups -OCH3 is 1. The Bertz CT molecular complexity index is 1010. The van der Waals surface area contributed by atoms with Crippen LogP contribution in [0.2, 0.25) is 0 Å². The summed E-state index contributed by atoms with van der Waals surface area (Å²) in [5.41, 5.74) is 1.84. The number of aryl methyl sites for hydroxylation is 2. The average molecular weight is 399 g/mol. The summed E-state index contributed by atoms with van der Waals surface area (Å²) in [6.07, 6.45) is 2.22. The van der Waals surface area contributed by atoms with Crippen LogP contribution in [0.3, 0.4) is 0 Å². The molecule has 0 bridgehead atoms. The van der Waals surface area contributed by atoms with Gasteiger partial charge in [-0.3, -0.25) is 20.2 Å². The van der Waals surface area contributed by atoms with Crippen molar-refractivity contribution in [2.75, 3.05) is 7.11 Å². The quantitative estimate of drug-likeness (QED) is 0.425. The Hall–Kier alpha value is -3.82. The molecule has 0 N–H and O–H groups in total. The zero-order valence-electron chi connectivity index (χ0n) is 15.7. The van der Waals surface area contributed by atoms with Gasteiger partial charge in [0.2, 0.25) is 0 Å². The number of rotatable bonds is 5. The highest BCUT2D eigenvalue weighted by molar-refractivity contribution is 6.03. The molecule has 0 aliphatic heterocycles. The summed E-state index contributed by atoms with van der Waals surface area (Å²) in [6.45, 7) is 1.89. The van der Waals surface area contributed by atoms with Crippen LogP contribution in [0, 0.1) is 27.2 Å². The Kier molecular flexibility index (Phi) is 5.53. The molecule has 0 saturated carbocycles. The summed E-state index contributed by atoms with van der Waals surface area (Å²) in [7, 11) is 1.59. The number of nitro benzene ring substituents is 2. The van der Waals surface area contributed by atoms with E-state index in [2.05, 4.69) is 5.16 Å². The van der Waals surface area contributed by atoms with Crippen LogP contribution in [0.25, 0.3) is 0 Å². The number of nitro groups is 2. The maximum atomic E-state index is 12.3. The van der Waals surface area contributed by atoms with E-state index in [4.69, 9.17) is 9.57 Å². The summed E-state index contributed by atoms with van der Waals surface area (Å²) in [6, 6.07) is 6.43. The first-order chi connectivity index (χ1) is 13.8. The van der Waals surface area contributed by atoms with E-state index < -0.39 is 27.2 Å². The van der Waals surface area contributed by atoms with Crippen molar-refractivity contribution in [1.82, 2.24) is 0 Å². The molecule has 10 heteroatoms. The molecule has 3 rings (SSSR count). The van der Waals surface area contributed by atoms with Gasteiger partial charge in [0.05, 0.1) is 34.3 Å². The van der Waals surface area contributed by atoms with Crippen LogP contribution in [-0.2, 0) is 11.3 Å². The molecular weight excluding hydrogens is 382 g/mol. The van der Waals surface area contributed by atoms with E-state index in [0.29, 0.717) is 12.1 Å². The number of hydrogen-bond acceptors (Lipinski definition) is 8. The highest BCUT2D eigenvalue weighted by atomic mass is 16.7. The Morgan fingerprint density at radius 2 is 1.69 bits per heavy atom. The third kappa shape index (κ3) is 4.21. The van der Waals surface area contributed by atoms with Gasteiger partial charge in [0.25, 0.3) is 11.4 Å². The molecule has 0 spiro atoms. The van der Waals surface area contributed by atoms with Gasteiger partial charge in [-0.15, -0.1) is 0 Å². The molecule has 0 amide bonds. The van der Waals surface area contributed by atoms with Crippen LogP contribution < -0.4 is 4.74 Å². The van der Waals surface area contributed by atoms with E-state index >= 15 is 0 Å². The van der Waals surface area contributed by atoms with Gasteiger partial charge in [0.15, 0.2) is 0 Å². The maximum Gasteiger partial charge on any atom is 0.366 e. The molecule has 150 valence electrons. The Balaban J connectivity index is 1.90. The van der Waals surface area contributed by atoms with E-state index in [0.717, 1.165) is 53.5 Å².